The number of aromatic nitrogens is 2. The second kappa shape index (κ2) is 12.2. The van der Waals surface area contributed by atoms with Gasteiger partial charge in [0.1, 0.15) is 35.5 Å². The van der Waals surface area contributed by atoms with E-state index >= 15 is 8.78 Å². The third kappa shape index (κ3) is 6.24. The molecule has 7 rings (SSSR count). The van der Waals surface area contributed by atoms with E-state index in [2.05, 4.69) is 15.0 Å². The van der Waals surface area contributed by atoms with Crippen LogP contribution in [0.5, 0.6) is 6.01 Å². The predicted molar refractivity (Wildman–Crippen MR) is 179 cm³/mol. The lowest BCUT2D eigenvalue weighted by atomic mass is 9.87. The number of alkyl halides is 4. The average Bonchev–Trinajstić information content (AvgIpc) is 3.67. The normalized spacial score (nSPS) is 24.9. The van der Waals surface area contributed by atoms with Gasteiger partial charge >= 0.3 is 18.3 Å². The molecule has 3 fully saturated rings. The molecule has 51 heavy (non-hydrogen) atoms. The Balaban J connectivity index is 1.37. The highest BCUT2D eigenvalue weighted by atomic mass is 19.4. The number of fused-ring (bicyclic) bond motifs is 4. The zero-order valence-electron chi connectivity index (χ0n) is 29.3. The largest absolute Gasteiger partial charge is 0.462 e. The first-order valence-electron chi connectivity index (χ1n) is 17.0. The van der Waals surface area contributed by atoms with Crippen molar-refractivity contribution in [3.8, 4) is 17.1 Å². The molecule has 4 aliphatic heterocycles. The molecule has 0 radical (unpaired) electrons. The number of hydrogen-bond donors (Lipinski definition) is 0. The lowest BCUT2D eigenvalue weighted by molar-refractivity contribution is -0.137. The van der Waals surface area contributed by atoms with E-state index in [-0.39, 0.29) is 79.6 Å². The first-order valence-corrected chi connectivity index (χ1v) is 17.0. The van der Waals surface area contributed by atoms with Gasteiger partial charge in [-0.1, -0.05) is 6.07 Å². The maximum absolute atomic E-state index is 17.0. The SMILES string of the molecule is Cc1cc2c(c(-c3c(F)cc4c(N5C[C@H]6CC[C@](C)(C5)N6C(=O)OC(C)(C)C)nc(OC[C@@H]5C[C@@H](F)CN5C)nc4c3F)c1C(F)(F)F)C=NC2. The Bertz CT molecular complexity index is 1950. The molecule has 0 aliphatic carbocycles. The quantitative estimate of drug-likeness (QED) is 0.258. The molecular formula is C36H40F6N6O3. The van der Waals surface area contributed by atoms with Gasteiger partial charge in [-0.3, -0.25) is 14.8 Å². The fourth-order valence-corrected chi connectivity index (χ4v) is 8.18. The van der Waals surface area contributed by atoms with Gasteiger partial charge in [0.25, 0.3) is 0 Å². The van der Waals surface area contributed by atoms with Crippen LogP contribution in [0, 0.1) is 18.6 Å². The van der Waals surface area contributed by atoms with Crippen molar-refractivity contribution < 1.29 is 40.6 Å². The number of aliphatic imine (C=N–C) groups is 1. The van der Waals surface area contributed by atoms with Crippen molar-refractivity contribution in [2.45, 2.75) is 96.0 Å². The van der Waals surface area contributed by atoms with E-state index in [4.69, 9.17) is 9.47 Å². The number of carbonyl (C=O) groups is 1. The third-order valence-corrected chi connectivity index (χ3v) is 10.4. The molecule has 0 saturated carbocycles. The fourth-order valence-electron chi connectivity index (χ4n) is 8.18. The second-order valence-corrected chi connectivity index (χ2v) is 15.4. The number of rotatable bonds is 5. The maximum atomic E-state index is 17.0. The summed E-state index contributed by atoms with van der Waals surface area (Å²) in [7, 11) is 1.75. The summed E-state index contributed by atoms with van der Waals surface area (Å²) in [5, 5.41) is -0.0665. The van der Waals surface area contributed by atoms with Gasteiger partial charge in [0, 0.05) is 48.4 Å². The highest BCUT2D eigenvalue weighted by Gasteiger charge is 2.52. The third-order valence-electron chi connectivity index (χ3n) is 10.4. The summed E-state index contributed by atoms with van der Waals surface area (Å²) in [6.45, 7) is 9.21. The van der Waals surface area contributed by atoms with Crippen LogP contribution in [-0.4, -0.2) is 94.8 Å². The number of ether oxygens (including phenoxy) is 2. The number of carbonyl (C=O) groups excluding carboxylic acids is 1. The van der Waals surface area contributed by atoms with E-state index in [0.717, 1.165) is 6.07 Å². The van der Waals surface area contributed by atoms with Gasteiger partial charge in [0.05, 0.1) is 29.3 Å². The smallest absolute Gasteiger partial charge is 0.417 e. The van der Waals surface area contributed by atoms with E-state index in [1.54, 1.807) is 37.6 Å². The molecule has 0 spiro atoms. The van der Waals surface area contributed by atoms with Crippen LogP contribution in [0.3, 0.4) is 0 Å². The van der Waals surface area contributed by atoms with Gasteiger partial charge in [-0.25, -0.2) is 18.0 Å². The molecule has 4 atom stereocenters. The summed E-state index contributed by atoms with van der Waals surface area (Å²) in [6.07, 6.45) is -3.78. The van der Waals surface area contributed by atoms with Crippen molar-refractivity contribution in [3.05, 3.63) is 46.0 Å². The molecule has 9 nitrogen and oxygen atoms in total. The molecule has 2 bridgehead atoms. The van der Waals surface area contributed by atoms with Crippen LogP contribution in [0.15, 0.2) is 17.1 Å². The number of benzene rings is 2. The molecule has 2 aromatic carbocycles. The summed E-state index contributed by atoms with van der Waals surface area (Å²) < 4.78 is 103. The van der Waals surface area contributed by atoms with E-state index < -0.39 is 63.4 Å². The lowest BCUT2D eigenvalue weighted by Crippen LogP contribution is -2.63. The van der Waals surface area contributed by atoms with E-state index in [1.807, 2.05) is 11.8 Å². The molecule has 4 aliphatic rings. The van der Waals surface area contributed by atoms with Gasteiger partial charge in [0.2, 0.25) is 0 Å². The van der Waals surface area contributed by atoms with Crippen molar-refractivity contribution in [3.63, 3.8) is 0 Å². The summed E-state index contributed by atoms with van der Waals surface area (Å²) in [5.74, 6) is -2.42. The minimum Gasteiger partial charge on any atom is -0.462 e. The van der Waals surface area contributed by atoms with Crippen molar-refractivity contribution in [1.82, 2.24) is 19.8 Å². The number of likely N-dealkylation sites (N-methyl/N-ethyl adjacent to an activating group) is 1. The van der Waals surface area contributed by atoms with E-state index in [9.17, 15) is 22.4 Å². The van der Waals surface area contributed by atoms with Gasteiger partial charge < -0.3 is 14.4 Å². The van der Waals surface area contributed by atoms with Crippen LogP contribution in [0.4, 0.5) is 37.0 Å². The molecule has 1 aromatic heterocycles. The molecule has 15 heteroatoms. The Hall–Kier alpha value is -4.14. The Morgan fingerprint density at radius 1 is 1.10 bits per heavy atom. The van der Waals surface area contributed by atoms with Crippen molar-refractivity contribution >= 4 is 29.0 Å². The number of likely N-dealkylation sites (tertiary alicyclic amines) is 1. The monoisotopic (exact) mass is 718 g/mol. The molecular weight excluding hydrogens is 678 g/mol. The lowest BCUT2D eigenvalue weighted by Gasteiger charge is -2.47. The van der Waals surface area contributed by atoms with Gasteiger partial charge in [-0.2, -0.15) is 23.1 Å². The topological polar surface area (TPSA) is 83.4 Å². The Labute approximate surface area is 291 Å². The average molecular weight is 719 g/mol. The highest BCUT2D eigenvalue weighted by Crippen LogP contribution is 2.47. The first kappa shape index (κ1) is 35.3. The number of anilines is 1. The van der Waals surface area contributed by atoms with Crippen LogP contribution in [-0.2, 0) is 17.5 Å². The molecule has 0 unspecified atom stereocenters. The Kier molecular flexibility index (Phi) is 8.46. The van der Waals surface area contributed by atoms with Crippen molar-refractivity contribution in [2.24, 2.45) is 4.99 Å². The van der Waals surface area contributed by atoms with Gasteiger partial charge in [0.15, 0.2) is 5.82 Å². The number of nitrogens with zero attached hydrogens (tertiary/aromatic N) is 6. The Morgan fingerprint density at radius 3 is 2.49 bits per heavy atom. The van der Waals surface area contributed by atoms with Crippen LogP contribution < -0.4 is 9.64 Å². The summed E-state index contributed by atoms with van der Waals surface area (Å²) >= 11 is 0. The molecule has 0 N–H and O–H groups in total. The van der Waals surface area contributed by atoms with Gasteiger partial charge in [-0.05, 0) is 78.1 Å². The zero-order chi connectivity index (χ0) is 36.8. The molecule has 3 aromatic rings. The number of hydrogen-bond acceptors (Lipinski definition) is 8. The minimum atomic E-state index is -4.94. The van der Waals surface area contributed by atoms with Crippen molar-refractivity contribution in [1.29, 1.82) is 0 Å². The Morgan fingerprint density at radius 2 is 1.84 bits per heavy atom. The van der Waals surface area contributed by atoms with E-state index in [0.29, 0.717) is 18.4 Å². The second-order valence-electron chi connectivity index (χ2n) is 15.4. The maximum Gasteiger partial charge on any atom is 0.417 e. The van der Waals surface area contributed by atoms with Crippen LogP contribution in [0.25, 0.3) is 22.0 Å². The highest BCUT2D eigenvalue weighted by molar-refractivity contribution is 6.00. The van der Waals surface area contributed by atoms with Crippen LogP contribution in [0.1, 0.15) is 69.2 Å². The molecule has 5 heterocycles. The minimum absolute atomic E-state index is 0.0105. The number of amides is 1. The number of aryl methyl sites for hydroxylation is 1. The fraction of sp³-hybridized carbons (Fsp3) is 0.556. The van der Waals surface area contributed by atoms with Crippen molar-refractivity contribution in [2.75, 3.05) is 38.2 Å². The summed E-state index contributed by atoms with van der Waals surface area (Å²) in [5.41, 5.74) is -4.35. The molecule has 1 amide bonds. The first-order chi connectivity index (χ1) is 23.8. The van der Waals surface area contributed by atoms with E-state index in [1.165, 1.54) is 19.2 Å². The standard InChI is InChI=1S/C36H40F6N6O3/c1-18-9-19-12-43-13-24(19)26(28(18)36(40,41)42)27-25(38)11-23-30(29(27)39)44-32(50-16-22-10-20(37)14-46(22)6)45-31(23)47-15-21-7-8-35(5,17-47)48(21)33(49)51-34(2,3)4/h9,11,13,20-22H,7-8,10,12,14-17H2,1-6H3/t20-,21-,22+,35-/m1/s1. The molecule has 274 valence electrons. The number of halogens is 6. The number of piperazine rings is 1. The predicted octanol–water partition coefficient (Wildman–Crippen LogP) is 7.23. The molecule has 3 saturated heterocycles. The van der Waals surface area contributed by atoms with Gasteiger partial charge in [-0.15, -0.1) is 0 Å². The zero-order valence-corrected chi connectivity index (χ0v) is 29.3. The summed E-state index contributed by atoms with van der Waals surface area (Å²) in [6, 6.07) is 1.37. The van der Waals surface area contributed by atoms with Crippen LogP contribution >= 0.6 is 0 Å². The summed E-state index contributed by atoms with van der Waals surface area (Å²) in [4.78, 5) is 31.7. The van der Waals surface area contributed by atoms with Crippen LogP contribution in [0.2, 0.25) is 0 Å².